The summed E-state index contributed by atoms with van der Waals surface area (Å²) in [6, 6.07) is 17.3. The van der Waals surface area contributed by atoms with E-state index in [1.165, 1.54) is 55.2 Å². The van der Waals surface area contributed by atoms with Crippen molar-refractivity contribution in [1.29, 1.82) is 0 Å². The van der Waals surface area contributed by atoms with E-state index in [1.807, 2.05) is 0 Å². The van der Waals surface area contributed by atoms with Gasteiger partial charge in [-0.15, -0.1) is 0 Å². The fourth-order valence-electron chi connectivity index (χ4n) is 3.64. The van der Waals surface area contributed by atoms with E-state index >= 15 is 0 Å². The summed E-state index contributed by atoms with van der Waals surface area (Å²) < 4.78 is 0. The van der Waals surface area contributed by atoms with Crippen LogP contribution in [0.15, 0.2) is 54.6 Å². The SMILES string of the molecule is CCCCC1CC=C(c2ccc(C#Cc3ccc(CC)cc3)cc2)CC1. The minimum atomic E-state index is 0.905. The summed E-state index contributed by atoms with van der Waals surface area (Å²) in [5, 5.41) is 0. The van der Waals surface area contributed by atoms with Gasteiger partial charge < -0.3 is 0 Å². The fraction of sp³-hybridized carbons (Fsp3) is 0.385. The first-order chi connectivity index (χ1) is 12.8. The van der Waals surface area contributed by atoms with Gasteiger partial charge in [0.15, 0.2) is 0 Å². The van der Waals surface area contributed by atoms with Gasteiger partial charge in [-0.05, 0) is 72.6 Å². The molecule has 0 saturated carbocycles. The summed E-state index contributed by atoms with van der Waals surface area (Å²) in [5.74, 6) is 7.47. The highest BCUT2D eigenvalue weighted by atomic mass is 14.2. The van der Waals surface area contributed by atoms with Gasteiger partial charge in [-0.2, -0.15) is 0 Å². The molecule has 0 radical (unpaired) electrons. The van der Waals surface area contributed by atoms with E-state index in [1.54, 1.807) is 0 Å². The van der Waals surface area contributed by atoms with Crippen molar-refractivity contribution >= 4 is 5.57 Å². The zero-order valence-electron chi connectivity index (χ0n) is 16.2. The Morgan fingerprint density at radius 1 is 0.885 bits per heavy atom. The Kier molecular flexibility index (Phi) is 6.73. The van der Waals surface area contributed by atoms with E-state index in [0.717, 1.165) is 23.5 Å². The number of rotatable bonds is 5. The largest absolute Gasteiger partial charge is 0.0804 e. The molecule has 0 bridgehead atoms. The highest BCUT2D eigenvalue weighted by Gasteiger charge is 2.14. The average Bonchev–Trinajstić information content (AvgIpc) is 2.72. The maximum Gasteiger partial charge on any atom is 0.0249 e. The lowest BCUT2D eigenvalue weighted by molar-refractivity contribution is 0.434. The molecule has 0 aliphatic heterocycles. The minimum Gasteiger partial charge on any atom is -0.0804 e. The van der Waals surface area contributed by atoms with Crippen molar-refractivity contribution in [2.24, 2.45) is 5.92 Å². The van der Waals surface area contributed by atoms with Crippen LogP contribution in [0.2, 0.25) is 0 Å². The zero-order chi connectivity index (χ0) is 18.2. The molecule has 134 valence electrons. The Labute approximate surface area is 159 Å². The molecular weight excluding hydrogens is 312 g/mol. The quantitative estimate of drug-likeness (QED) is 0.512. The number of unbranched alkanes of at least 4 members (excludes halogenated alkanes) is 1. The lowest BCUT2D eigenvalue weighted by Crippen LogP contribution is -2.05. The van der Waals surface area contributed by atoms with Gasteiger partial charge in [0.2, 0.25) is 0 Å². The lowest BCUT2D eigenvalue weighted by atomic mass is 9.84. The third-order valence-electron chi connectivity index (χ3n) is 5.45. The van der Waals surface area contributed by atoms with E-state index in [-0.39, 0.29) is 0 Å². The van der Waals surface area contributed by atoms with Crippen molar-refractivity contribution < 1.29 is 0 Å². The fourth-order valence-corrected chi connectivity index (χ4v) is 3.64. The molecule has 0 aromatic heterocycles. The van der Waals surface area contributed by atoms with Crippen LogP contribution < -0.4 is 0 Å². The predicted molar refractivity (Wildman–Crippen MR) is 113 cm³/mol. The van der Waals surface area contributed by atoms with Gasteiger partial charge in [-0.1, -0.05) is 75.3 Å². The van der Waals surface area contributed by atoms with Gasteiger partial charge in [-0.25, -0.2) is 0 Å². The predicted octanol–water partition coefficient (Wildman–Crippen LogP) is 7.02. The van der Waals surface area contributed by atoms with Gasteiger partial charge in [0, 0.05) is 11.1 Å². The molecule has 0 spiro atoms. The summed E-state index contributed by atoms with van der Waals surface area (Å²) in [4.78, 5) is 0. The summed E-state index contributed by atoms with van der Waals surface area (Å²) in [6.45, 7) is 4.46. The van der Waals surface area contributed by atoms with Crippen LogP contribution in [0.25, 0.3) is 5.57 Å². The van der Waals surface area contributed by atoms with Crippen LogP contribution in [-0.4, -0.2) is 0 Å². The third-order valence-corrected chi connectivity index (χ3v) is 5.45. The van der Waals surface area contributed by atoms with Crippen LogP contribution in [0, 0.1) is 17.8 Å². The molecule has 1 aliphatic carbocycles. The molecule has 0 N–H and O–H groups in total. The monoisotopic (exact) mass is 342 g/mol. The van der Waals surface area contributed by atoms with Crippen LogP contribution in [-0.2, 0) is 6.42 Å². The van der Waals surface area contributed by atoms with Gasteiger partial charge in [0.05, 0.1) is 0 Å². The zero-order valence-corrected chi connectivity index (χ0v) is 16.2. The maximum atomic E-state index is 3.29. The molecule has 0 heteroatoms. The molecule has 2 aromatic rings. The smallest absolute Gasteiger partial charge is 0.0249 e. The third kappa shape index (κ3) is 5.12. The van der Waals surface area contributed by atoms with Crippen LogP contribution in [0.4, 0.5) is 0 Å². The second-order valence-electron chi connectivity index (χ2n) is 7.39. The number of hydrogen-bond acceptors (Lipinski definition) is 0. The first-order valence-electron chi connectivity index (χ1n) is 10.2. The number of allylic oxidation sites excluding steroid dienone is 2. The molecule has 0 saturated heterocycles. The molecule has 3 rings (SSSR count). The average molecular weight is 343 g/mol. The van der Waals surface area contributed by atoms with Gasteiger partial charge >= 0.3 is 0 Å². The molecule has 1 atom stereocenters. The molecule has 26 heavy (non-hydrogen) atoms. The second kappa shape index (κ2) is 9.44. The number of hydrogen-bond donors (Lipinski definition) is 0. The van der Waals surface area contributed by atoms with Crippen molar-refractivity contribution in [2.45, 2.75) is 58.8 Å². The molecule has 0 fully saturated rings. The van der Waals surface area contributed by atoms with Crippen molar-refractivity contribution in [3.63, 3.8) is 0 Å². The van der Waals surface area contributed by atoms with Crippen LogP contribution >= 0.6 is 0 Å². The summed E-state index contributed by atoms with van der Waals surface area (Å²) in [5.41, 5.74) is 6.42. The Hall–Kier alpha value is -2.26. The Morgan fingerprint density at radius 2 is 1.54 bits per heavy atom. The first-order valence-corrected chi connectivity index (χ1v) is 10.2. The standard InChI is InChI=1S/C26H30/c1-3-5-6-22-13-17-25(18-14-22)26-19-15-24(16-20-26)12-11-23-9-7-21(4-2)8-10-23/h7-10,15-17,19-20,22H,3-6,13-14,18H2,1-2H3. The maximum absolute atomic E-state index is 3.29. The van der Waals surface area contributed by atoms with Gasteiger partial charge in [0.1, 0.15) is 0 Å². The molecule has 0 amide bonds. The normalized spacial score (nSPS) is 16.5. The summed E-state index contributed by atoms with van der Waals surface area (Å²) in [7, 11) is 0. The number of benzene rings is 2. The summed E-state index contributed by atoms with van der Waals surface area (Å²) >= 11 is 0. The van der Waals surface area contributed by atoms with Crippen molar-refractivity contribution in [3.8, 4) is 11.8 Å². The minimum absolute atomic E-state index is 0.905. The lowest BCUT2D eigenvalue weighted by Gasteiger charge is -2.22. The van der Waals surface area contributed by atoms with Crippen molar-refractivity contribution in [2.75, 3.05) is 0 Å². The van der Waals surface area contributed by atoms with E-state index in [2.05, 4.69) is 80.3 Å². The molecule has 0 nitrogen and oxygen atoms in total. The molecule has 1 aliphatic rings. The number of aryl methyl sites for hydroxylation is 1. The van der Waals surface area contributed by atoms with Crippen molar-refractivity contribution in [3.05, 3.63) is 76.9 Å². The van der Waals surface area contributed by atoms with Gasteiger partial charge in [0.25, 0.3) is 0 Å². The van der Waals surface area contributed by atoms with E-state index in [9.17, 15) is 0 Å². The molecule has 0 heterocycles. The highest BCUT2D eigenvalue weighted by molar-refractivity contribution is 5.67. The molecule has 1 unspecified atom stereocenters. The Balaban J connectivity index is 1.62. The van der Waals surface area contributed by atoms with E-state index in [4.69, 9.17) is 0 Å². The highest BCUT2D eigenvalue weighted by Crippen LogP contribution is 2.32. The molecular formula is C26H30. The van der Waals surface area contributed by atoms with E-state index in [0.29, 0.717) is 0 Å². The Morgan fingerprint density at radius 3 is 2.08 bits per heavy atom. The van der Waals surface area contributed by atoms with E-state index < -0.39 is 0 Å². The van der Waals surface area contributed by atoms with Gasteiger partial charge in [-0.3, -0.25) is 0 Å². The van der Waals surface area contributed by atoms with Crippen molar-refractivity contribution in [1.82, 2.24) is 0 Å². The topological polar surface area (TPSA) is 0 Å². The van der Waals surface area contributed by atoms with Crippen LogP contribution in [0.1, 0.15) is 74.6 Å². The second-order valence-corrected chi connectivity index (χ2v) is 7.39. The van der Waals surface area contributed by atoms with Crippen LogP contribution in [0.3, 0.4) is 0 Å². The molecule has 2 aromatic carbocycles. The Bertz CT molecular complexity index is 779. The van der Waals surface area contributed by atoms with Crippen LogP contribution in [0.5, 0.6) is 0 Å². The summed E-state index contributed by atoms with van der Waals surface area (Å²) in [6.07, 6.45) is 11.5. The first kappa shape index (κ1) is 18.5.